The normalized spacial score (nSPS) is 12.5. The van der Waals surface area contributed by atoms with Crippen molar-refractivity contribution in [2.24, 2.45) is 0 Å². The number of benzene rings is 2. The van der Waals surface area contributed by atoms with Gasteiger partial charge in [0.2, 0.25) is 12.3 Å². The third kappa shape index (κ3) is 6.41. The van der Waals surface area contributed by atoms with Crippen LogP contribution in [0, 0.1) is 17.9 Å². The number of carbonyl (C=O) groups is 2. The van der Waals surface area contributed by atoms with Gasteiger partial charge in [-0.25, -0.2) is 14.3 Å². The minimum absolute atomic E-state index is 0.161. The summed E-state index contributed by atoms with van der Waals surface area (Å²) in [6.07, 6.45) is 2.87. The average Bonchev–Trinajstić information content (AvgIpc) is 3.45. The SMILES string of the molecule is CCC(=O)Nc1cc(-c2cc(F)cc(-c3ccc(N(C#CN(C)C)C=O)c(Cl)c3)c2O)cc(N2CCCC2)n1. The molecule has 1 aliphatic rings. The second-order valence-electron chi connectivity index (χ2n) is 9.30. The fraction of sp³-hybridized carbons (Fsp3) is 0.276. The van der Waals surface area contributed by atoms with Gasteiger partial charge < -0.3 is 20.2 Å². The first-order valence-corrected chi connectivity index (χ1v) is 12.9. The molecular weight excluding hydrogens is 521 g/mol. The molecule has 2 aromatic carbocycles. The molecule has 3 aromatic rings. The zero-order valence-corrected chi connectivity index (χ0v) is 22.7. The Kier molecular flexibility index (Phi) is 8.57. The minimum Gasteiger partial charge on any atom is -0.507 e. The maximum atomic E-state index is 15.0. The Morgan fingerprint density at radius 2 is 1.82 bits per heavy atom. The fourth-order valence-corrected chi connectivity index (χ4v) is 4.55. The second kappa shape index (κ2) is 12.0. The molecule has 1 fully saturated rings. The molecule has 0 unspecified atom stereocenters. The van der Waals surface area contributed by atoms with Gasteiger partial charge in [0.1, 0.15) is 23.2 Å². The van der Waals surface area contributed by atoms with Crippen molar-refractivity contribution in [3.63, 3.8) is 0 Å². The lowest BCUT2D eigenvalue weighted by Gasteiger charge is -2.20. The lowest BCUT2D eigenvalue weighted by Crippen LogP contribution is -2.20. The van der Waals surface area contributed by atoms with Crippen LogP contribution in [0.2, 0.25) is 5.02 Å². The summed E-state index contributed by atoms with van der Waals surface area (Å²) in [4.78, 5) is 33.1. The molecule has 0 atom stereocenters. The van der Waals surface area contributed by atoms with Crippen molar-refractivity contribution in [3.8, 4) is 40.1 Å². The molecule has 4 rings (SSSR count). The van der Waals surface area contributed by atoms with Crippen LogP contribution < -0.4 is 15.1 Å². The van der Waals surface area contributed by atoms with Crippen LogP contribution in [0.5, 0.6) is 5.75 Å². The number of pyridine rings is 1. The Morgan fingerprint density at radius 1 is 1.13 bits per heavy atom. The molecule has 0 bridgehead atoms. The van der Waals surface area contributed by atoms with E-state index in [1.165, 1.54) is 18.2 Å². The third-order valence-electron chi connectivity index (χ3n) is 6.23. The van der Waals surface area contributed by atoms with E-state index < -0.39 is 5.82 Å². The fourth-order valence-electron chi connectivity index (χ4n) is 4.28. The van der Waals surface area contributed by atoms with Gasteiger partial charge in [-0.2, -0.15) is 0 Å². The Hall–Kier alpha value is -4.29. The predicted molar refractivity (Wildman–Crippen MR) is 152 cm³/mol. The van der Waals surface area contributed by atoms with Gasteiger partial charge in [-0.15, -0.1) is 0 Å². The van der Waals surface area contributed by atoms with Crippen LogP contribution in [0.3, 0.4) is 0 Å². The molecule has 0 aliphatic carbocycles. The standard InChI is InChI=1S/C29H29ClFN5O3/c1-4-28(38)33-26-14-20(15-27(32-26)35-9-5-6-10-35)23-17-21(31)16-22(29(23)39)19-7-8-25(24(30)13-19)36(18-37)12-11-34(2)3/h7-8,13-18,39H,4-6,9-10H2,1-3H3,(H,32,33,38). The molecule has 2 amide bonds. The van der Waals surface area contributed by atoms with Crippen LogP contribution in [0.15, 0.2) is 42.5 Å². The van der Waals surface area contributed by atoms with Crippen LogP contribution in [0.4, 0.5) is 21.7 Å². The topological polar surface area (TPSA) is 89.0 Å². The Bertz CT molecular complexity index is 1460. The molecule has 10 heteroatoms. The molecule has 0 radical (unpaired) electrons. The summed E-state index contributed by atoms with van der Waals surface area (Å²) in [5.41, 5.74) is 1.76. The molecule has 8 nitrogen and oxygen atoms in total. The van der Waals surface area contributed by atoms with E-state index in [1.807, 2.05) is 0 Å². The molecule has 1 aliphatic heterocycles. The van der Waals surface area contributed by atoms with Gasteiger partial charge in [-0.1, -0.05) is 24.6 Å². The molecular formula is C29H29ClFN5O3. The van der Waals surface area contributed by atoms with Gasteiger partial charge in [-0.05, 0) is 60.4 Å². The minimum atomic E-state index is -0.567. The summed E-state index contributed by atoms with van der Waals surface area (Å²) in [6, 6.07) is 16.1. The molecule has 202 valence electrons. The maximum Gasteiger partial charge on any atom is 0.226 e. The molecule has 2 N–H and O–H groups in total. The first-order valence-electron chi connectivity index (χ1n) is 12.5. The lowest BCUT2D eigenvalue weighted by atomic mass is 9.97. The van der Waals surface area contributed by atoms with Crippen LogP contribution >= 0.6 is 11.6 Å². The number of nitrogens with zero attached hydrogens (tertiary/aromatic N) is 4. The van der Waals surface area contributed by atoms with E-state index in [9.17, 15) is 19.1 Å². The zero-order chi connectivity index (χ0) is 28.1. The van der Waals surface area contributed by atoms with Gasteiger partial charge in [-0.3, -0.25) is 9.59 Å². The van der Waals surface area contributed by atoms with E-state index >= 15 is 0 Å². The number of carbonyl (C=O) groups excluding carboxylic acids is 2. The number of phenols is 1. The number of anilines is 3. The zero-order valence-electron chi connectivity index (χ0n) is 22.0. The Labute approximate surface area is 232 Å². The lowest BCUT2D eigenvalue weighted by molar-refractivity contribution is -0.116. The first kappa shape index (κ1) is 27.7. The van der Waals surface area contributed by atoms with Crippen LogP contribution in [0.25, 0.3) is 22.3 Å². The van der Waals surface area contributed by atoms with Crippen molar-refractivity contribution in [1.82, 2.24) is 9.88 Å². The number of halogens is 2. The maximum absolute atomic E-state index is 15.0. The summed E-state index contributed by atoms with van der Waals surface area (Å²) < 4.78 is 15.0. The van der Waals surface area contributed by atoms with E-state index in [-0.39, 0.29) is 34.2 Å². The van der Waals surface area contributed by atoms with E-state index in [0.29, 0.717) is 34.9 Å². The van der Waals surface area contributed by atoms with Crippen LogP contribution in [0.1, 0.15) is 26.2 Å². The molecule has 39 heavy (non-hydrogen) atoms. The molecule has 0 spiro atoms. The number of rotatable bonds is 7. The molecule has 0 saturated carbocycles. The number of hydrogen-bond acceptors (Lipinski definition) is 6. The number of phenolic OH excluding ortho intramolecular Hbond substituents is 1. The van der Waals surface area contributed by atoms with Crippen molar-refractivity contribution in [2.45, 2.75) is 26.2 Å². The Morgan fingerprint density at radius 3 is 2.44 bits per heavy atom. The summed E-state index contributed by atoms with van der Waals surface area (Å²) >= 11 is 6.48. The van der Waals surface area contributed by atoms with Gasteiger partial charge >= 0.3 is 0 Å². The molecule has 1 saturated heterocycles. The first-order chi connectivity index (χ1) is 18.7. The van der Waals surface area contributed by atoms with Gasteiger partial charge in [0.25, 0.3) is 0 Å². The highest BCUT2D eigenvalue weighted by atomic mass is 35.5. The van der Waals surface area contributed by atoms with Crippen LogP contribution in [-0.2, 0) is 9.59 Å². The second-order valence-corrected chi connectivity index (χ2v) is 9.71. The average molecular weight is 550 g/mol. The number of aromatic hydroxyl groups is 1. The van der Waals surface area contributed by atoms with E-state index in [1.54, 1.807) is 50.2 Å². The van der Waals surface area contributed by atoms with Crippen molar-refractivity contribution in [3.05, 3.63) is 53.3 Å². The number of amides is 2. The largest absolute Gasteiger partial charge is 0.507 e. The number of hydrogen-bond donors (Lipinski definition) is 2. The summed E-state index contributed by atoms with van der Waals surface area (Å²) in [5, 5.41) is 14.3. The quantitative estimate of drug-likeness (QED) is 0.236. The van der Waals surface area contributed by atoms with Crippen molar-refractivity contribution < 1.29 is 19.1 Å². The third-order valence-corrected chi connectivity index (χ3v) is 6.54. The number of aromatic nitrogens is 1. The van der Waals surface area contributed by atoms with Crippen molar-refractivity contribution >= 4 is 41.2 Å². The monoisotopic (exact) mass is 549 g/mol. The smallest absolute Gasteiger partial charge is 0.226 e. The van der Waals surface area contributed by atoms with Crippen molar-refractivity contribution in [2.75, 3.05) is 42.3 Å². The highest BCUT2D eigenvalue weighted by Gasteiger charge is 2.20. The van der Waals surface area contributed by atoms with E-state index in [0.717, 1.165) is 30.8 Å². The van der Waals surface area contributed by atoms with E-state index in [2.05, 4.69) is 27.3 Å². The predicted octanol–water partition coefficient (Wildman–Crippen LogP) is 5.31. The molecule has 2 heterocycles. The van der Waals surface area contributed by atoms with E-state index in [4.69, 9.17) is 11.6 Å². The highest BCUT2D eigenvalue weighted by Crippen LogP contribution is 2.42. The van der Waals surface area contributed by atoms with Gasteiger partial charge in [0.05, 0.1) is 10.7 Å². The van der Waals surface area contributed by atoms with Gasteiger partial charge in [0.15, 0.2) is 0 Å². The van der Waals surface area contributed by atoms with Crippen LogP contribution in [-0.4, -0.2) is 54.5 Å². The summed E-state index contributed by atoms with van der Waals surface area (Å²) in [7, 11) is 3.48. The highest BCUT2D eigenvalue weighted by molar-refractivity contribution is 6.34. The van der Waals surface area contributed by atoms with Crippen molar-refractivity contribution in [1.29, 1.82) is 0 Å². The summed E-state index contributed by atoms with van der Waals surface area (Å²) in [5.74, 6) is 0.0354. The Balaban J connectivity index is 1.79. The summed E-state index contributed by atoms with van der Waals surface area (Å²) in [6.45, 7) is 3.38. The molecule has 1 aromatic heterocycles. The van der Waals surface area contributed by atoms with Gasteiger partial charge in [0, 0.05) is 56.8 Å². The number of nitrogens with one attached hydrogen (secondary N) is 1.